The van der Waals surface area contributed by atoms with Crippen molar-refractivity contribution in [2.75, 3.05) is 14.1 Å². The first-order valence-electron chi connectivity index (χ1n) is 5.01. The quantitative estimate of drug-likeness (QED) is 0.476. The third-order valence-corrected chi connectivity index (χ3v) is 2.27. The monoisotopic (exact) mass is 346 g/mol. The molecule has 2 heterocycles. The molecule has 0 saturated carbocycles. The Labute approximate surface area is 117 Å². The van der Waals surface area contributed by atoms with Crippen molar-refractivity contribution < 1.29 is 0 Å². The normalized spacial score (nSPS) is 11.1. The fourth-order valence-corrected chi connectivity index (χ4v) is 1.47. The zero-order valence-corrected chi connectivity index (χ0v) is 12.0. The molecule has 2 N–H and O–H groups in total. The van der Waals surface area contributed by atoms with E-state index in [1.165, 1.54) is 0 Å². The van der Waals surface area contributed by atoms with E-state index in [1.54, 1.807) is 24.0 Å². The van der Waals surface area contributed by atoms with Crippen LogP contribution in [0, 0.1) is 0 Å². The average Bonchev–Trinajstić information content (AvgIpc) is 2.79. The second-order valence-electron chi connectivity index (χ2n) is 3.21. The summed E-state index contributed by atoms with van der Waals surface area (Å²) < 4.78 is 1.80. The zero-order valence-electron chi connectivity index (χ0n) is 9.71. The van der Waals surface area contributed by atoms with E-state index in [1.807, 2.05) is 19.2 Å². The summed E-state index contributed by atoms with van der Waals surface area (Å²) in [6.45, 7) is 0.647. The van der Waals surface area contributed by atoms with Gasteiger partial charge in [0.2, 0.25) is 0 Å². The van der Waals surface area contributed by atoms with Crippen LogP contribution < -0.4 is 10.6 Å². The maximum Gasteiger partial charge on any atom is 0.191 e. The van der Waals surface area contributed by atoms with E-state index >= 15 is 0 Å². The van der Waals surface area contributed by atoms with Crippen LogP contribution in [0.15, 0.2) is 29.5 Å². The van der Waals surface area contributed by atoms with Gasteiger partial charge in [0.05, 0.1) is 18.4 Å². The smallest absolute Gasteiger partial charge is 0.191 e. The van der Waals surface area contributed by atoms with Crippen molar-refractivity contribution in [3.05, 3.63) is 30.2 Å². The fourth-order valence-electron chi connectivity index (χ4n) is 1.47. The molecule has 0 spiro atoms. The third-order valence-electron chi connectivity index (χ3n) is 2.27. The van der Waals surface area contributed by atoms with Crippen LogP contribution in [0.5, 0.6) is 0 Å². The van der Waals surface area contributed by atoms with Gasteiger partial charge in [0.25, 0.3) is 0 Å². The third kappa shape index (κ3) is 3.05. The highest BCUT2D eigenvalue weighted by Crippen LogP contribution is 2.02. The van der Waals surface area contributed by atoms with Gasteiger partial charge >= 0.3 is 0 Å². The lowest BCUT2D eigenvalue weighted by Gasteiger charge is -2.09. The van der Waals surface area contributed by atoms with Crippen LogP contribution in [0.3, 0.4) is 0 Å². The van der Waals surface area contributed by atoms with E-state index < -0.39 is 0 Å². The number of fused-ring (bicyclic) bond motifs is 1. The van der Waals surface area contributed by atoms with Crippen LogP contribution in [-0.4, -0.2) is 34.7 Å². The van der Waals surface area contributed by atoms with Crippen LogP contribution in [-0.2, 0) is 6.54 Å². The predicted molar refractivity (Wildman–Crippen MR) is 77.7 cm³/mol. The van der Waals surface area contributed by atoms with E-state index in [0.717, 1.165) is 17.3 Å². The molecule has 2 rings (SSSR count). The highest BCUT2D eigenvalue weighted by atomic mass is 127. The Hall–Kier alpha value is -1.38. The van der Waals surface area contributed by atoms with E-state index in [9.17, 15) is 0 Å². The number of nitrogens with zero attached hydrogens (tertiary/aromatic N) is 4. The Morgan fingerprint density at radius 3 is 2.94 bits per heavy atom. The van der Waals surface area contributed by atoms with E-state index in [2.05, 4.69) is 25.7 Å². The molecule has 0 fully saturated rings. The molecule has 0 saturated heterocycles. The number of hydrogen-bond acceptors (Lipinski definition) is 3. The van der Waals surface area contributed by atoms with Gasteiger partial charge in [-0.15, -0.1) is 24.0 Å². The molecule has 0 aliphatic carbocycles. The minimum Gasteiger partial charge on any atom is -0.359 e. The molecule has 0 aromatic carbocycles. The summed E-state index contributed by atoms with van der Waals surface area (Å²) in [5.74, 6) is 0.747. The van der Waals surface area contributed by atoms with Crippen LogP contribution in [0.25, 0.3) is 5.65 Å². The summed E-state index contributed by atoms with van der Waals surface area (Å²) in [7, 11) is 3.56. The molecule has 0 bridgehead atoms. The number of hydrogen-bond donors (Lipinski definition) is 2. The number of aliphatic imine (C=N–C) groups is 1. The zero-order chi connectivity index (χ0) is 11.4. The average molecular weight is 346 g/mol. The maximum atomic E-state index is 4.20. The maximum absolute atomic E-state index is 4.20. The van der Waals surface area contributed by atoms with Crippen molar-refractivity contribution >= 4 is 35.6 Å². The summed E-state index contributed by atoms with van der Waals surface area (Å²) in [5.41, 5.74) is 1.88. The van der Waals surface area contributed by atoms with Crippen LogP contribution in [0.2, 0.25) is 0 Å². The Kier molecular flexibility index (Phi) is 5.13. The van der Waals surface area contributed by atoms with Crippen molar-refractivity contribution in [1.29, 1.82) is 0 Å². The Morgan fingerprint density at radius 1 is 1.41 bits per heavy atom. The molecule has 0 radical (unpaired) electrons. The second-order valence-corrected chi connectivity index (χ2v) is 3.21. The molecule has 0 aliphatic heterocycles. The molecule has 92 valence electrons. The number of guanidine groups is 1. The van der Waals surface area contributed by atoms with Gasteiger partial charge in [-0.05, 0) is 6.07 Å². The van der Waals surface area contributed by atoms with Gasteiger partial charge in [0.1, 0.15) is 0 Å². The van der Waals surface area contributed by atoms with Crippen molar-refractivity contribution in [3.8, 4) is 0 Å². The number of aromatic nitrogens is 3. The van der Waals surface area contributed by atoms with Gasteiger partial charge in [-0.1, -0.05) is 0 Å². The summed E-state index contributed by atoms with van der Waals surface area (Å²) in [6, 6.07) is 3.80. The molecule has 6 nitrogen and oxygen atoms in total. The minimum atomic E-state index is 0. The van der Waals surface area contributed by atoms with Crippen LogP contribution in [0.4, 0.5) is 0 Å². The first-order chi connectivity index (χ1) is 7.85. The van der Waals surface area contributed by atoms with E-state index in [4.69, 9.17) is 0 Å². The van der Waals surface area contributed by atoms with Gasteiger partial charge in [-0.25, -0.2) is 9.50 Å². The van der Waals surface area contributed by atoms with E-state index in [0.29, 0.717) is 6.54 Å². The molecule has 2 aromatic rings. The van der Waals surface area contributed by atoms with Crippen molar-refractivity contribution in [3.63, 3.8) is 0 Å². The SMILES string of the molecule is CN=C(NC)NCc1ccnc2ccnn12.I. The van der Waals surface area contributed by atoms with Crippen molar-refractivity contribution in [2.24, 2.45) is 4.99 Å². The first-order valence-corrected chi connectivity index (χ1v) is 5.01. The van der Waals surface area contributed by atoms with Gasteiger partial charge in [-0.2, -0.15) is 5.10 Å². The lowest BCUT2D eigenvalue weighted by atomic mass is 10.4. The van der Waals surface area contributed by atoms with Crippen LogP contribution in [0.1, 0.15) is 5.69 Å². The summed E-state index contributed by atoms with van der Waals surface area (Å²) in [6.07, 6.45) is 3.51. The summed E-state index contributed by atoms with van der Waals surface area (Å²) >= 11 is 0. The fraction of sp³-hybridized carbons (Fsp3) is 0.300. The molecular weight excluding hydrogens is 331 g/mol. The first kappa shape index (κ1) is 13.7. The number of rotatable bonds is 2. The molecule has 0 atom stereocenters. The van der Waals surface area contributed by atoms with Gasteiger partial charge in [0, 0.05) is 26.4 Å². The lowest BCUT2D eigenvalue weighted by Crippen LogP contribution is -2.34. The van der Waals surface area contributed by atoms with Crippen LogP contribution >= 0.6 is 24.0 Å². The molecule has 0 aliphatic rings. The number of halogens is 1. The molecule has 0 unspecified atom stereocenters. The van der Waals surface area contributed by atoms with Crippen molar-refractivity contribution in [2.45, 2.75) is 6.54 Å². The Morgan fingerprint density at radius 2 is 2.24 bits per heavy atom. The largest absolute Gasteiger partial charge is 0.359 e. The molecule has 0 amide bonds. The molecule has 2 aromatic heterocycles. The molecular formula is C10H15IN6. The Bertz CT molecular complexity index is 506. The summed E-state index contributed by atoms with van der Waals surface area (Å²) in [4.78, 5) is 8.23. The molecule has 7 heteroatoms. The summed E-state index contributed by atoms with van der Waals surface area (Å²) in [5, 5.41) is 10.3. The van der Waals surface area contributed by atoms with Crippen molar-refractivity contribution in [1.82, 2.24) is 25.2 Å². The standard InChI is InChI=1S/C10H14N6.HI/c1-11-10(12-2)14-7-8-3-5-13-9-4-6-15-16(8)9;/h3-6H,7H2,1-2H3,(H2,11,12,14);1H. The predicted octanol–water partition coefficient (Wildman–Crippen LogP) is 0.642. The second kappa shape index (κ2) is 6.38. The number of nitrogens with one attached hydrogen (secondary N) is 2. The highest BCUT2D eigenvalue weighted by Gasteiger charge is 2.02. The highest BCUT2D eigenvalue weighted by molar-refractivity contribution is 14.0. The topological polar surface area (TPSA) is 66.6 Å². The van der Waals surface area contributed by atoms with Gasteiger partial charge in [-0.3, -0.25) is 4.99 Å². The molecule has 17 heavy (non-hydrogen) atoms. The van der Waals surface area contributed by atoms with E-state index in [-0.39, 0.29) is 24.0 Å². The van der Waals surface area contributed by atoms with Gasteiger partial charge in [0.15, 0.2) is 11.6 Å². The van der Waals surface area contributed by atoms with Gasteiger partial charge < -0.3 is 10.6 Å². The lowest BCUT2D eigenvalue weighted by molar-refractivity contribution is 0.773. The Balaban J connectivity index is 0.00000144. The minimum absolute atomic E-state index is 0.